The van der Waals surface area contributed by atoms with Gasteiger partial charge in [0, 0.05) is 30.8 Å². The van der Waals surface area contributed by atoms with E-state index >= 15 is 0 Å². The Morgan fingerprint density at radius 3 is 1.84 bits per heavy atom. The van der Waals surface area contributed by atoms with Crippen molar-refractivity contribution < 1.29 is 18.9 Å². The molecule has 2 heterocycles. The molecule has 0 N–H and O–H groups in total. The third-order valence-electron chi connectivity index (χ3n) is 7.55. The minimum absolute atomic E-state index is 0.578. The molecule has 0 saturated heterocycles. The van der Waals surface area contributed by atoms with Gasteiger partial charge in [-0.15, -0.1) is 0 Å². The molecular formula is C37H40N2O4. The Morgan fingerprint density at radius 2 is 1.23 bits per heavy atom. The van der Waals surface area contributed by atoms with Crippen LogP contribution in [-0.2, 0) is 41.6 Å². The van der Waals surface area contributed by atoms with Crippen LogP contribution < -0.4 is 9.47 Å². The van der Waals surface area contributed by atoms with E-state index in [0.29, 0.717) is 32.3 Å². The van der Waals surface area contributed by atoms with Gasteiger partial charge in [-0.3, -0.25) is 4.98 Å². The third kappa shape index (κ3) is 8.71. The highest BCUT2D eigenvalue weighted by Gasteiger charge is 2.19. The fourth-order valence-corrected chi connectivity index (χ4v) is 5.30. The van der Waals surface area contributed by atoms with Crippen molar-refractivity contribution in [3.05, 3.63) is 132 Å². The van der Waals surface area contributed by atoms with E-state index in [9.17, 15) is 0 Å². The average molecular weight is 577 g/mol. The molecule has 5 rings (SSSR count). The molecule has 2 aromatic carbocycles. The van der Waals surface area contributed by atoms with Gasteiger partial charge in [-0.1, -0.05) is 55.6 Å². The van der Waals surface area contributed by atoms with Crippen molar-refractivity contribution in [3.63, 3.8) is 0 Å². The van der Waals surface area contributed by atoms with Gasteiger partial charge in [0.2, 0.25) is 5.88 Å². The molecule has 0 unspecified atom stereocenters. The Labute approximate surface area is 255 Å². The molecule has 0 fully saturated rings. The van der Waals surface area contributed by atoms with Gasteiger partial charge in [0.05, 0.1) is 45.1 Å². The summed E-state index contributed by atoms with van der Waals surface area (Å²) in [6, 6.07) is 22.0. The Morgan fingerprint density at radius 1 is 0.605 bits per heavy atom. The lowest BCUT2D eigenvalue weighted by atomic mass is 9.99. The predicted molar refractivity (Wildman–Crippen MR) is 170 cm³/mol. The van der Waals surface area contributed by atoms with E-state index in [2.05, 4.69) is 71.7 Å². The van der Waals surface area contributed by atoms with Gasteiger partial charge in [0.1, 0.15) is 5.75 Å². The van der Waals surface area contributed by atoms with Crippen LogP contribution >= 0.6 is 0 Å². The first-order valence-electron chi connectivity index (χ1n) is 15.1. The second-order valence-electron chi connectivity index (χ2n) is 10.6. The average Bonchev–Trinajstić information content (AvgIpc) is 3.41. The summed E-state index contributed by atoms with van der Waals surface area (Å²) in [7, 11) is 0. The summed E-state index contributed by atoms with van der Waals surface area (Å²) in [5.74, 6) is 1.44. The fraction of sp³-hybridized carbons (Fsp3) is 0.297. The Balaban J connectivity index is 1.08. The number of aryl methyl sites for hydroxylation is 4. The van der Waals surface area contributed by atoms with E-state index in [-0.39, 0.29) is 0 Å². The number of benzene rings is 2. The predicted octanol–water partition coefficient (Wildman–Crippen LogP) is 7.48. The number of fused-ring (bicyclic) bond motifs is 3. The van der Waals surface area contributed by atoms with Gasteiger partial charge in [-0.2, -0.15) is 0 Å². The van der Waals surface area contributed by atoms with Crippen molar-refractivity contribution >= 4 is 0 Å². The molecule has 1 aliphatic carbocycles. The van der Waals surface area contributed by atoms with Crippen molar-refractivity contribution in [2.45, 2.75) is 44.9 Å². The second kappa shape index (κ2) is 15.6. The fourth-order valence-electron chi connectivity index (χ4n) is 5.30. The van der Waals surface area contributed by atoms with E-state index in [1.807, 2.05) is 24.5 Å². The zero-order chi connectivity index (χ0) is 29.7. The smallest absolute Gasteiger partial charge is 0.213 e. The topological polar surface area (TPSA) is 62.7 Å². The van der Waals surface area contributed by atoms with Crippen LogP contribution in [0.5, 0.6) is 11.6 Å². The maximum atomic E-state index is 5.73. The zero-order valence-corrected chi connectivity index (χ0v) is 24.8. The van der Waals surface area contributed by atoms with Crippen LogP contribution in [0, 0.1) is 0 Å². The first-order valence-corrected chi connectivity index (χ1v) is 15.1. The highest BCUT2D eigenvalue weighted by Crippen LogP contribution is 2.37. The van der Waals surface area contributed by atoms with E-state index in [0.717, 1.165) is 56.4 Å². The van der Waals surface area contributed by atoms with Crippen LogP contribution in [0.15, 0.2) is 98.7 Å². The number of pyridine rings is 2. The first-order chi connectivity index (χ1) is 21.2. The first kappa shape index (κ1) is 29.9. The van der Waals surface area contributed by atoms with Crippen LogP contribution in [0.4, 0.5) is 0 Å². The summed E-state index contributed by atoms with van der Waals surface area (Å²) in [5, 5.41) is 0. The SMILES string of the molecule is C=COCCCOc1ccc(CCc2ccc3c(c2)Cc2cc(CCc4ccc(OCCCOC=C)nc4)ccc2-3)nc1. The normalized spacial score (nSPS) is 11.3. The molecular weight excluding hydrogens is 536 g/mol. The molecule has 0 radical (unpaired) electrons. The summed E-state index contributed by atoms with van der Waals surface area (Å²) in [6.07, 6.45) is 13.0. The van der Waals surface area contributed by atoms with Crippen LogP contribution in [0.25, 0.3) is 11.1 Å². The molecule has 222 valence electrons. The largest absolute Gasteiger partial charge is 0.502 e. The van der Waals surface area contributed by atoms with Crippen molar-refractivity contribution in [1.82, 2.24) is 9.97 Å². The van der Waals surface area contributed by atoms with Crippen LogP contribution in [-0.4, -0.2) is 36.4 Å². The minimum atomic E-state index is 0.578. The van der Waals surface area contributed by atoms with E-state index in [4.69, 9.17) is 18.9 Å². The van der Waals surface area contributed by atoms with Gasteiger partial charge < -0.3 is 18.9 Å². The summed E-state index contributed by atoms with van der Waals surface area (Å²) >= 11 is 0. The number of rotatable bonds is 18. The monoisotopic (exact) mass is 576 g/mol. The molecule has 0 atom stereocenters. The van der Waals surface area contributed by atoms with Crippen molar-refractivity contribution in [1.29, 1.82) is 0 Å². The van der Waals surface area contributed by atoms with E-state index in [1.165, 1.54) is 51.5 Å². The summed E-state index contributed by atoms with van der Waals surface area (Å²) in [6.45, 7) is 9.47. The van der Waals surface area contributed by atoms with Gasteiger partial charge in [-0.25, -0.2) is 4.98 Å². The van der Waals surface area contributed by atoms with Gasteiger partial charge in [0.15, 0.2) is 0 Å². The highest BCUT2D eigenvalue weighted by molar-refractivity contribution is 5.77. The quantitative estimate of drug-likeness (QED) is 0.0796. The number of aromatic nitrogens is 2. The molecule has 1 aliphatic rings. The Bertz CT molecular complexity index is 1370. The third-order valence-corrected chi connectivity index (χ3v) is 7.55. The van der Waals surface area contributed by atoms with Crippen LogP contribution in [0.1, 0.15) is 46.4 Å². The Hall–Kier alpha value is -4.58. The molecule has 0 amide bonds. The molecule has 0 aliphatic heterocycles. The maximum Gasteiger partial charge on any atom is 0.213 e. The molecule has 6 nitrogen and oxygen atoms in total. The molecule has 0 saturated carbocycles. The molecule has 43 heavy (non-hydrogen) atoms. The summed E-state index contributed by atoms with van der Waals surface area (Å²) in [4.78, 5) is 9.06. The standard InChI is InChI=1S/C37H40N2O4/c1-3-40-19-5-21-42-34-15-14-33(38-27-34)13-9-29-11-17-36-32(24-29)25-31-23-28(10-16-35(31)36)7-8-30-12-18-37(39-26-30)43-22-6-20-41-4-2/h3-4,10-12,14-18,23-24,26-27H,1-2,5-9,13,19-22,25H2. The summed E-state index contributed by atoms with van der Waals surface area (Å²) in [5.41, 5.74) is 10.5. The number of nitrogens with zero attached hydrogens (tertiary/aromatic N) is 2. The molecule has 0 bridgehead atoms. The summed E-state index contributed by atoms with van der Waals surface area (Å²) < 4.78 is 21.6. The number of ether oxygens (including phenoxy) is 4. The molecule has 6 heteroatoms. The van der Waals surface area contributed by atoms with Gasteiger partial charge in [0.25, 0.3) is 0 Å². The maximum absolute atomic E-state index is 5.73. The van der Waals surface area contributed by atoms with Crippen LogP contribution in [0.3, 0.4) is 0 Å². The molecule has 0 spiro atoms. The van der Waals surface area contributed by atoms with Crippen molar-refractivity contribution in [2.24, 2.45) is 0 Å². The van der Waals surface area contributed by atoms with E-state index in [1.54, 1.807) is 0 Å². The van der Waals surface area contributed by atoms with Crippen molar-refractivity contribution in [2.75, 3.05) is 26.4 Å². The minimum Gasteiger partial charge on any atom is -0.502 e. The van der Waals surface area contributed by atoms with Crippen molar-refractivity contribution in [3.8, 4) is 22.8 Å². The lowest BCUT2D eigenvalue weighted by Gasteiger charge is -2.08. The lowest BCUT2D eigenvalue weighted by Crippen LogP contribution is -2.02. The number of hydrogen-bond acceptors (Lipinski definition) is 6. The van der Waals surface area contributed by atoms with Gasteiger partial charge >= 0.3 is 0 Å². The zero-order valence-electron chi connectivity index (χ0n) is 24.8. The molecule has 4 aromatic rings. The van der Waals surface area contributed by atoms with Gasteiger partial charge in [-0.05, 0) is 83.2 Å². The lowest BCUT2D eigenvalue weighted by molar-refractivity contribution is 0.206. The van der Waals surface area contributed by atoms with Crippen LogP contribution in [0.2, 0.25) is 0 Å². The Kier molecular flexibility index (Phi) is 10.8. The molecule has 2 aromatic heterocycles. The number of hydrogen-bond donors (Lipinski definition) is 0. The highest BCUT2D eigenvalue weighted by atomic mass is 16.5. The second-order valence-corrected chi connectivity index (χ2v) is 10.6. The van der Waals surface area contributed by atoms with E-state index < -0.39 is 0 Å².